The highest BCUT2D eigenvalue weighted by atomic mass is 32.2. The first-order chi connectivity index (χ1) is 20.3. The van der Waals surface area contributed by atoms with Crippen molar-refractivity contribution < 1.29 is 27.5 Å². The van der Waals surface area contributed by atoms with Gasteiger partial charge < -0.3 is 20.1 Å². The highest BCUT2D eigenvalue weighted by Crippen LogP contribution is 2.38. The van der Waals surface area contributed by atoms with E-state index in [1.54, 1.807) is 52.9 Å². The Balaban J connectivity index is 1.53. The smallest absolute Gasteiger partial charge is 0.411 e. The lowest BCUT2D eigenvalue weighted by Crippen LogP contribution is -2.40. The molecule has 11 nitrogen and oxygen atoms in total. The fraction of sp³-hybridized carbons (Fsp3) is 0.367. The molecule has 0 fully saturated rings. The molecule has 0 spiro atoms. The van der Waals surface area contributed by atoms with Gasteiger partial charge in [0.25, 0.3) is 0 Å². The molecule has 1 unspecified atom stereocenters. The van der Waals surface area contributed by atoms with Crippen LogP contribution >= 0.6 is 11.3 Å². The fourth-order valence-electron chi connectivity index (χ4n) is 4.20. The number of benzene rings is 2. The number of carbonyl (C=O) groups excluding carboxylic acids is 2. The van der Waals surface area contributed by atoms with Crippen LogP contribution in [0.1, 0.15) is 57.7 Å². The Morgan fingerprint density at radius 3 is 2.51 bits per heavy atom. The molecular formula is C30H37N5O6S2. The van der Waals surface area contributed by atoms with E-state index in [1.165, 1.54) is 17.4 Å². The molecule has 0 bridgehead atoms. The maximum atomic E-state index is 13.6. The molecule has 43 heavy (non-hydrogen) atoms. The molecule has 2 aromatic carbocycles. The van der Waals surface area contributed by atoms with Crippen LogP contribution in [0.25, 0.3) is 10.4 Å². The van der Waals surface area contributed by atoms with Gasteiger partial charge in [0.2, 0.25) is 10.0 Å². The largest absolute Gasteiger partial charge is 0.447 e. The van der Waals surface area contributed by atoms with E-state index >= 15 is 0 Å². The molecular weight excluding hydrogens is 590 g/mol. The molecule has 1 aliphatic heterocycles. The quantitative estimate of drug-likeness (QED) is 0.238. The monoisotopic (exact) mass is 627 g/mol. The average Bonchev–Trinajstić information content (AvgIpc) is 3.41. The molecule has 2 heterocycles. The molecule has 0 radical (unpaired) electrons. The number of hydrogen-bond acceptors (Lipinski definition) is 8. The van der Waals surface area contributed by atoms with E-state index in [-0.39, 0.29) is 23.7 Å². The first-order valence-electron chi connectivity index (χ1n) is 13.8. The minimum absolute atomic E-state index is 0.0121. The molecule has 0 aliphatic carbocycles. The molecule has 1 aliphatic rings. The number of urea groups is 1. The van der Waals surface area contributed by atoms with Gasteiger partial charge >= 0.3 is 12.1 Å². The van der Waals surface area contributed by atoms with Crippen LogP contribution in [0, 0.1) is 0 Å². The Morgan fingerprint density at radius 2 is 1.86 bits per heavy atom. The molecule has 3 aromatic rings. The normalized spacial score (nSPS) is 15.5. The summed E-state index contributed by atoms with van der Waals surface area (Å²) in [5, 5.41) is 8.86. The van der Waals surface area contributed by atoms with Crippen LogP contribution < -0.4 is 20.7 Å². The Labute approximate surface area is 256 Å². The molecule has 0 saturated carbocycles. The minimum Gasteiger partial charge on any atom is -0.447 e. The van der Waals surface area contributed by atoms with Crippen molar-refractivity contribution in [3.8, 4) is 10.4 Å². The van der Waals surface area contributed by atoms with Crippen molar-refractivity contribution in [1.82, 2.24) is 20.3 Å². The van der Waals surface area contributed by atoms with E-state index in [0.717, 1.165) is 5.56 Å². The van der Waals surface area contributed by atoms with Crippen LogP contribution in [0.3, 0.4) is 0 Å². The Kier molecular flexibility index (Phi) is 10.2. The predicted molar refractivity (Wildman–Crippen MR) is 166 cm³/mol. The van der Waals surface area contributed by atoms with E-state index in [9.17, 15) is 18.0 Å². The van der Waals surface area contributed by atoms with Crippen LogP contribution in [-0.2, 0) is 26.0 Å². The second-order valence-corrected chi connectivity index (χ2v) is 14.0. The molecule has 4 rings (SSSR count). The number of nitrogens with zero attached hydrogens (tertiary/aromatic N) is 1. The van der Waals surface area contributed by atoms with Crippen LogP contribution in [0.15, 0.2) is 71.4 Å². The van der Waals surface area contributed by atoms with Gasteiger partial charge in [-0.3, -0.25) is 5.32 Å². The summed E-state index contributed by atoms with van der Waals surface area (Å²) in [4.78, 5) is 29.6. The molecule has 13 heteroatoms. The van der Waals surface area contributed by atoms with Crippen molar-refractivity contribution >= 4 is 39.2 Å². The topological polar surface area (TPSA) is 148 Å². The third-order valence-electron chi connectivity index (χ3n) is 5.95. The molecule has 230 valence electrons. The first kappa shape index (κ1) is 32.1. The van der Waals surface area contributed by atoms with Gasteiger partial charge in [0, 0.05) is 41.6 Å². The highest BCUT2D eigenvalue weighted by molar-refractivity contribution is 7.89. The van der Waals surface area contributed by atoms with E-state index in [2.05, 4.69) is 25.7 Å². The number of hydrogen-bond donors (Lipinski definition) is 4. The number of alkyl carbamates (subject to hydrolysis) is 1. The number of carbonyl (C=O) groups is 2. The van der Waals surface area contributed by atoms with Gasteiger partial charge in [-0.05, 0) is 52.3 Å². The van der Waals surface area contributed by atoms with Crippen LogP contribution in [0.4, 0.5) is 15.3 Å². The second kappa shape index (κ2) is 13.7. The van der Waals surface area contributed by atoms with Gasteiger partial charge in [0.15, 0.2) is 0 Å². The zero-order chi connectivity index (χ0) is 31.2. The fourth-order valence-corrected chi connectivity index (χ4v) is 6.95. The second-order valence-electron chi connectivity index (χ2n) is 11.3. The van der Waals surface area contributed by atoms with Gasteiger partial charge in [-0.1, -0.05) is 42.5 Å². The number of anilines is 1. The lowest BCUT2D eigenvalue weighted by atomic mass is 10.1. The molecule has 0 saturated heterocycles. The summed E-state index contributed by atoms with van der Waals surface area (Å²) in [6, 6.07) is 13.8. The lowest BCUT2D eigenvalue weighted by Gasteiger charge is -2.22. The third kappa shape index (κ3) is 9.35. The van der Waals surface area contributed by atoms with Crippen molar-refractivity contribution in [2.75, 3.05) is 11.9 Å². The molecule has 4 N–H and O–H groups in total. The maximum absolute atomic E-state index is 13.6. The van der Waals surface area contributed by atoms with Crippen LogP contribution in [0.5, 0.6) is 0 Å². The number of aromatic nitrogens is 1. The predicted octanol–water partition coefficient (Wildman–Crippen LogP) is 5.69. The summed E-state index contributed by atoms with van der Waals surface area (Å²) in [5.41, 5.74) is 1.58. The summed E-state index contributed by atoms with van der Waals surface area (Å²) < 4.78 is 40.9. The number of sulfonamides is 1. The Morgan fingerprint density at radius 1 is 1.12 bits per heavy atom. The van der Waals surface area contributed by atoms with E-state index in [1.807, 2.05) is 36.4 Å². The van der Waals surface area contributed by atoms with Crippen LogP contribution in [-0.4, -0.2) is 43.8 Å². The summed E-state index contributed by atoms with van der Waals surface area (Å²) >= 11 is 1.32. The SMILES string of the molecule is CC(C)OC(=O)NC1=CCC(c2ncc(-c3ccc(NC(=O)NCc4ccccc4)cc3S(=O)(=O)NC(C)(C)C)s2)OC1. The maximum Gasteiger partial charge on any atom is 0.411 e. The summed E-state index contributed by atoms with van der Waals surface area (Å²) in [6.45, 7) is 9.31. The standard InChI is InChI=1S/C30H37N5O6S2/c1-19(2)41-29(37)34-22-12-14-24(40-18-22)27-31-17-25(42-27)23-13-11-21(15-26(23)43(38,39)35-30(3,4)5)33-28(36)32-16-20-9-7-6-8-10-20/h6-13,15,17,19,24,35H,14,16,18H2,1-5H3,(H,34,37)(H2,32,33,36). The molecule has 3 amide bonds. The average molecular weight is 628 g/mol. The van der Waals surface area contributed by atoms with Crippen molar-refractivity contribution in [2.24, 2.45) is 0 Å². The van der Waals surface area contributed by atoms with Crippen molar-refractivity contribution in [3.63, 3.8) is 0 Å². The molecule has 1 aromatic heterocycles. The number of nitrogens with one attached hydrogen (secondary N) is 4. The summed E-state index contributed by atoms with van der Waals surface area (Å²) in [5.74, 6) is 0. The Hall–Kier alpha value is -3.78. The van der Waals surface area contributed by atoms with Crippen molar-refractivity contribution in [1.29, 1.82) is 0 Å². The van der Waals surface area contributed by atoms with E-state index < -0.39 is 27.7 Å². The lowest BCUT2D eigenvalue weighted by molar-refractivity contribution is 0.0558. The van der Waals surface area contributed by atoms with Gasteiger partial charge in [-0.2, -0.15) is 0 Å². The van der Waals surface area contributed by atoms with E-state index in [4.69, 9.17) is 9.47 Å². The number of rotatable bonds is 9. The number of ether oxygens (including phenoxy) is 2. The molecule has 1 atom stereocenters. The van der Waals surface area contributed by atoms with Crippen molar-refractivity contribution in [3.05, 3.63) is 77.1 Å². The van der Waals surface area contributed by atoms with Gasteiger partial charge in [-0.25, -0.2) is 27.7 Å². The van der Waals surface area contributed by atoms with Gasteiger partial charge in [0.1, 0.15) is 11.1 Å². The first-order valence-corrected chi connectivity index (χ1v) is 16.1. The van der Waals surface area contributed by atoms with E-state index in [0.29, 0.717) is 39.8 Å². The zero-order valence-electron chi connectivity index (χ0n) is 24.8. The number of thiazole rings is 1. The van der Waals surface area contributed by atoms with Gasteiger partial charge in [0.05, 0.1) is 22.5 Å². The van der Waals surface area contributed by atoms with Crippen LogP contribution in [0.2, 0.25) is 0 Å². The summed E-state index contributed by atoms with van der Waals surface area (Å²) in [7, 11) is -3.99. The zero-order valence-corrected chi connectivity index (χ0v) is 26.4. The minimum atomic E-state index is -3.99. The Bertz CT molecular complexity index is 1580. The van der Waals surface area contributed by atoms with Crippen molar-refractivity contribution in [2.45, 2.75) is 70.2 Å². The highest BCUT2D eigenvalue weighted by Gasteiger charge is 2.28. The third-order valence-corrected chi connectivity index (χ3v) is 8.87. The number of amides is 3. The summed E-state index contributed by atoms with van der Waals surface area (Å²) in [6.07, 6.45) is 2.83. The van der Waals surface area contributed by atoms with Gasteiger partial charge in [-0.15, -0.1) is 11.3 Å².